The highest BCUT2D eigenvalue weighted by molar-refractivity contribution is 7.17. The molecule has 1 aliphatic rings. The second-order valence-corrected chi connectivity index (χ2v) is 6.45. The van der Waals surface area contributed by atoms with Gasteiger partial charge in [0.05, 0.1) is 11.8 Å². The van der Waals surface area contributed by atoms with E-state index in [2.05, 4.69) is 10.3 Å². The number of halogens is 3. The Balaban J connectivity index is 1.71. The molecular formula is C15H12F3N3O2S. The Morgan fingerprint density at radius 3 is 2.62 bits per heavy atom. The summed E-state index contributed by atoms with van der Waals surface area (Å²) < 4.78 is 39.1. The van der Waals surface area contributed by atoms with E-state index in [1.165, 1.54) is 24.4 Å². The zero-order chi connectivity index (χ0) is 17.5. The van der Waals surface area contributed by atoms with Gasteiger partial charge in [0, 0.05) is 5.92 Å². The van der Waals surface area contributed by atoms with Crippen LogP contribution >= 0.6 is 11.3 Å². The molecule has 1 aliphatic carbocycles. The van der Waals surface area contributed by atoms with Crippen LogP contribution in [0, 0.1) is 5.92 Å². The third-order valence-corrected chi connectivity index (χ3v) is 4.70. The molecule has 126 valence electrons. The number of thiazole rings is 1. The molecule has 2 aromatic rings. The van der Waals surface area contributed by atoms with Crippen molar-refractivity contribution in [1.29, 1.82) is 0 Å². The van der Waals surface area contributed by atoms with E-state index in [1.54, 1.807) is 0 Å². The number of nitrogens with two attached hydrogens (primary N) is 1. The average Bonchev–Trinajstić information content (AvgIpc) is 3.18. The van der Waals surface area contributed by atoms with Gasteiger partial charge < -0.3 is 11.1 Å². The van der Waals surface area contributed by atoms with E-state index in [0.29, 0.717) is 6.42 Å². The lowest BCUT2D eigenvalue weighted by Crippen LogP contribution is -2.15. The number of nitrogens with zero attached hydrogens (tertiary/aromatic N) is 1. The fraction of sp³-hybridized carbons (Fsp3) is 0.267. The van der Waals surface area contributed by atoms with Crippen LogP contribution in [0.5, 0.6) is 0 Å². The van der Waals surface area contributed by atoms with Crippen LogP contribution in [0.4, 0.5) is 18.3 Å². The number of rotatable bonds is 4. The monoisotopic (exact) mass is 355 g/mol. The van der Waals surface area contributed by atoms with Crippen molar-refractivity contribution in [2.75, 3.05) is 5.32 Å². The van der Waals surface area contributed by atoms with Crippen molar-refractivity contribution in [3.63, 3.8) is 0 Å². The molecule has 24 heavy (non-hydrogen) atoms. The van der Waals surface area contributed by atoms with Crippen LogP contribution in [0.15, 0.2) is 30.5 Å². The summed E-state index contributed by atoms with van der Waals surface area (Å²) in [5.41, 5.74) is 4.51. The third kappa shape index (κ3) is 3.25. The zero-order valence-electron chi connectivity index (χ0n) is 12.1. The van der Waals surface area contributed by atoms with Crippen molar-refractivity contribution >= 4 is 28.3 Å². The minimum atomic E-state index is -4.45. The summed E-state index contributed by atoms with van der Waals surface area (Å²) in [4.78, 5) is 27.2. The molecule has 0 spiro atoms. The lowest BCUT2D eigenvalue weighted by molar-refractivity contribution is -0.138. The molecule has 0 unspecified atom stereocenters. The lowest BCUT2D eigenvalue weighted by atomic mass is 10.0. The number of nitrogens with one attached hydrogen (secondary N) is 1. The SMILES string of the molecule is NC(=O)c1cnc(NC(=O)[C@@H]2C[C@@H]2c2ccccc2C(F)(F)F)s1. The van der Waals surface area contributed by atoms with Crippen molar-refractivity contribution in [2.24, 2.45) is 11.7 Å². The molecule has 1 saturated carbocycles. The quantitative estimate of drug-likeness (QED) is 0.884. The second-order valence-electron chi connectivity index (χ2n) is 5.42. The normalized spacial score (nSPS) is 19.8. The van der Waals surface area contributed by atoms with Crippen LogP contribution in [-0.4, -0.2) is 16.8 Å². The van der Waals surface area contributed by atoms with Crippen LogP contribution < -0.4 is 11.1 Å². The molecule has 9 heteroatoms. The Labute approximate surface area is 138 Å². The summed E-state index contributed by atoms with van der Waals surface area (Å²) in [7, 11) is 0. The molecular weight excluding hydrogens is 343 g/mol. The molecule has 3 N–H and O–H groups in total. The summed E-state index contributed by atoms with van der Waals surface area (Å²) in [5, 5.41) is 2.71. The van der Waals surface area contributed by atoms with Gasteiger partial charge in [0.25, 0.3) is 5.91 Å². The number of carbonyl (C=O) groups is 2. The van der Waals surface area contributed by atoms with Gasteiger partial charge in [0.2, 0.25) is 5.91 Å². The van der Waals surface area contributed by atoms with E-state index >= 15 is 0 Å². The number of aromatic nitrogens is 1. The largest absolute Gasteiger partial charge is 0.416 e. The Hall–Kier alpha value is -2.42. The van der Waals surface area contributed by atoms with Gasteiger partial charge in [0.1, 0.15) is 4.88 Å². The fourth-order valence-corrected chi connectivity index (χ4v) is 3.22. The van der Waals surface area contributed by atoms with E-state index < -0.39 is 35.4 Å². The van der Waals surface area contributed by atoms with Crippen molar-refractivity contribution < 1.29 is 22.8 Å². The van der Waals surface area contributed by atoms with Crippen molar-refractivity contribution in [3.05, 3.63) is 46.5 Å². The molecule has 0 radical (unpaired) electrons. The zero-order valence-corrected chi connectivity index (χ0v) is 12.9. The van der Waals surface area contributed by atoms with Crippen molar-refractivity contribution in [2.45, 2.75) is 18.5 Å². The van der Waals surface area contributed by atoms with Gasteiger partial charge in [-0.2, -0.15) is 13.2 Å². The molecule has 5 nitrogen and oxygen atoms in total. The summed E-state index contributed by atoms with van der Waals surface area (Å²) in [6.07, 6.45) is -2.87. The predicted octanol–water partition coefficient (Wildman–Crippen LogP) is 3.00. The molecule has 2 amide bonds. The Morgan fingerprint density at radius 2 is 2.00 bits per heavy atom. The first-order chi connectivity index (χ1) is 11.3. The molecule has 0 saturated heterocycles. The summed E-state index contributed by atoms with van der Waals surface area (Å²) >= 11 is 0.921. The number of primary amides is 1. The molecule has 1 aromatic carbocycles. The van der Waals surface area contributed by atoms with Crippen LogP contribution in [0.25, 0.3) is 0 Å². The van der Waals surface area contributed by atoms with Gasteiger partial charge in [-0.05, 0) is 24.0 Å². The highest BCUT2D eigenvalue weighted by atomic mass is 32.1. The van der Waals surface area contributed by atoms with Crippen LogP contribution in [-0.2, 0) is 11.0 Å². The van der Waals surface area contributed by atoms with E-state index in [0.717, 1.165) is 17.4 Å². The molecule has 1 fully saturated rings. The van der Waals surface area contributed by atoms with E-state index in [-0.39, 0.29) is 15.6 Å². The summed E-state index contributed by atoms with van der Waals surface area (Å²) in [6.45, 7) is 0. The van der Waals surface area contributed by atoms with Gasteiger partial charge in [-0.25, -0.2) is 4.98 Å². The minimum Gasteiger partial charge on any atom is -0.365 e. The standard InChI is InChI=1S/C15H12F3N3O2S/c16-15(17,18)10-4-2-1-3-7(10)8-5-9(8)13(23)21-14-20-6-11(24-14)12(19)22/h1-4,6,8-9H,5H2,(H2,19,22)(H,20,21,23)/t8-,9-/m1/s1. The Bertz CT molecular complexity index is 803. The maximum absolute atomic E-state index is 13.0. The van der Waals surface area contributed by atoms with Gasteiger partial charge in [-0.3, -0.25) is 9.59 Å². The van der Waals surface area contributed by atoms with Crippen LogP contribution in [0.3, 0.4) is 0 Å². The molecule has 3 rings (SSSR count). The van der Waals surface area contributed by atoms with Crippen LogP contribution in [0.2, 0.25) is 0 Å². The maximum Gasteiger partial charge on any atom is 0.416 e. The Morgan fingerprint density at radius 1 is 1.29 bits per heavy atom. The summed E-state index contributed by atoms with van der Waals surface area (Å²) in [6, 6.07) is 5.26. The first-order valence-electron chi connectivity index (χ1n) is 7.00. The van der Waals surface area contributed by atoms with Crippen LogP contribution in [0.1, 0.15) is 33.1 Å². The number of carbonyl (C=O) groups excluding carboxylic acids is 2. The smallest absolute Gasteiger partial charge is 0.365 e. The molecule has 1 heterocycles. The maximum atomic E-state index is 13.0. The van der Waals surface area contributed by atoms with E-state index in [4.69, 9.17) is 5.73 Å². The highest BCUT2D eigenvalue weighted by Crippen LogP contribution is 2.51. The summed E-state index contributed by atoms with van der Waals surface area (Å²) in [5.74, 6) is -2.09. The molecule has 0 bridgehead atoms. The third-order valence-electron chi connectivity index (χ3n) is 3.77. The van der Waals surface area contributed by atoms with Gasteiger partial charge >= 0.3 is 6.18 Å². The number of benzene rings is 1. The van der Waals surface area contributed by atoms with E-state index in [1.807, 2.05) is 0 Å². The number of amides is 2. The molecule has 1 aromatic heterocycles. The minimum absolute atomic E-state index is 0.127. The first-order valence-corrected chi connectivity index (χ1v) is 7.81. The van der Waals surface area contributed by atoms with Crippen molar-refractivity contribution in [1.82, 2.24) is 4.98 Å². The number of hydrogen-bond donors (Lipinski definition) is 2. The van der Waals surface area contributed by atoms with Crippen molar-refractivity contribution in [3.8, 4) is 0 Å². The topological polar surface area (TPSA) is 85.1 Å². The molecule has 0 aliphatic heterocycles. The number of hydrogen-bond acceptors (Lipinski definition) is 4. The van der Waals surface area contributed by atoms with Gasteiger partial charge in [-0.1, -0.05) is 29.5 Å². The number of alkyl halides is 3. The fourth-order valence-electron chi connectivity index (χ4n) is 2.55. The lowest BCUT2D eigenvalue weighted by Gasteiger charge is -2.12. The Kier molecular flexibility index (Phi) is 4.04. The van der Waals surface area contributed by atoms with Gasteiger partial charge in [-0.15, -0.1) is 0 Å². The van der Waals surface area contributed by atoms with Gasteiger partial charge in [0.15, 0.2) is 5.13 Å². The second kappa shape index (κ2) is 5.90. The predicted molar refractivity (Wildman–Crippen MR) is 81.6 cm³/mol. The number of anilines is 1. The first kappa shape index (κ1) is 16.4. The average molecular weight is 355 g/mol. The molecule has 2 atom stereocenters. The highest BCUT2D eigenvalue weighted by Gasteiger charge is 2.48. The van der Waals surface area contributed by atoms with E-state index in [9.17, 15) is 22.8 Å².